The summed E-state index contributed by atoms with van der Waals surface area (Å²) in [5, 5.41) is 79.4. The number of hydrogen-bond donors (Lipinski definition) is 20. The SMILES string of the molecule is CC(=O)O.CSCCC(NC(=O)C(CO)NC(=O)C(Cc1ccc(O)cc1)NC(=O)C(N)CO)C(=O)NC(CCC(=O)O)C(=O)NC(Cc1cnc[nH]1)C(=O)NC(Cc1ccccc1)C(=O)NC(CCCN=C(N)N)C(=O)NC(Cc1c[nH]c2ccccc12)C(=O)NCC(=O)O. The highest BCUT2D eigenvalue weighted by molar-refractivity contribution is 7.98. The van der Waals surface area contributed by atoms with Crippen molar-refractivity contribution in [3.8, 4) is 5.75 Å². The monoisotopic (exact) mass is 1360 g/mol. The molecule has 0 bridgehead atoms. The van der Waals surface area contributed by atoms with Crippen LogP contribution in [0.1, 0.15) is 61.4 Å². The highest BCUT2D eigenvalue weighted by Crippen LogP contribution is 2.20. The zero-order valence-corrected chi connectivity index (χ0v) is 53.3. The van der Waals surface area contributed by atoms with Gasteiger partial charge in [-0.2, -0.15) is 11.8 Å². The van der Waals surface area contributed by atoms with Crippen LogP contribution in [0.3, 0.4) is 0 Å². The summed E-state index contributed by atoms with van der Waals surface area (Å²) in [5.74, 6) is -12.6. The van der Waals surface area contributed by atoms with Crippen LogP contribution in [0, 0.1) is 0 Å². The predicted octanol–water partition coefficient (Wildman–Crippen LogP) is -3.98. The Morgan fingerprint density at radius 2 is 1.03 bits per heavy atom. The van der Waals surface area contributed by atoms with E-state index < -0.39 is 158 Å². The number of benzene rings is 3. The minimum atomic E-state index is -1.77. The molecule has 35 heteroatoms. The van der Waals surface area contributed by atoms with Gasteiger partial charge in [-0.25, -0.2) is 4.98 Å². The second-order valence-electron chi connectivity index (χ2n) is 21.7. The van der Waals surface area contributed by atoms with Crippen molar-refractivity contribution in [2.75, 3.05) is 38.3 Å². The fourth-order valence-corrected chi connectivity index (χ4v) is 9.72. The minimum absolute atomic E-state index is 0.0119. The molecule has 2 aromatic heterocycles. The number of phenolic OH excluding ortho intramolecular Hbond substituents is 1. The van der Waals surface area contributed by atoms with E-state index in [2.05, 4.69) is 67.8 Å². The Hall–Kier alpha value is -10.7. The maximum Gasteiger partial charge on any atom is 0.322 e. The number of amides is 9. The van der Waals surface area contributed by atoms with Crippen molar-refractivity contribution in [3.63, 3.8) is 0 Å². The summed E-state index contributed by atoms with van der Waals surface area (Å²) in [6.45, 7) is -1.53. The number of carbonyl (C=O) groups excluding carboxylic acids is 9. The first-order valence-corrected chi connectivity index (χ1v) is 31.3. The van der Waals surface area contributed by atoms with Gasteiger partial charge in [0.15, 0.2) is 5.96 Å². The van der Waals surface area contributed by atoms with Gasteiger partial charge in [0.05, 0.1) is 19.5 Å². The molecular weight excluding hydrogens is 1280 g/mol. The van der Waals surface area contributed by atoms with E-state index in [4.69, 9.17) is 27.1 Å². The van der Waals surface area contributed by atoms with Crippen LogP contribution >= 0.6 is 11.8 Å². The molecule has 0 saturated heterocycles. The quantitative estimate of drug-likeness (QED) is 0.0101. The van der Waals surface area contributed by atoms with E-state index >= 15 is 0 Å². The lowest BCUT2D eigenvalue weighted by atomic mass is 10.0. The average Bonchev–Trinajstić information content (AvgIpc) is 1.61. The van der Waals surface area contributed by atoms with E-state index in [0.717, 1.165) is 6.92 Å². The minimum Gasteiger partial charge on any atom is -0.508 e. The van der Waals surface area contributed by atoms with Crippen molar-refractivity contribution in [2.24, 2.45) is 22.2 Å². The molecule has 0 aliphatic heterocycles. The van der Waals surface area contributed by atoms with Crippen LogP contribution in [0.4, 0.5) is 0 Å². The number of aromatic hydroxyl groups is 1. The number of carbonyl (C=O) groups is 12. The maximum atomic E-state index is 14.8. The second-order valence-corrected chi connectivity index (χ2v) is 22.6. The van der Waals surface area contributed by atoms with Gasteiger partial charge in [-0.15, -0.1) is 0 Å². The van der Waals surface area contributed by atoms with Gasteiger partial charge in [0.2, 0.25) is 53.2 Å². The third-order valence-electron chi connectivity index (χ3n) is 14.1. The Labute approximate surface area is 553 Å². The number of carboxylic acids is 3. The summed E-state index contributed by atoms with van der Waals surface area (Å²) < 4.78 is 0. The number of nitrogens with one attached hydrogen (secondary N) is 11. The third-order valence-corrected chi connectivity index (χ3v) is 14.8. The number of aliphatic hydroxyl groups is 2. The number of phenols is 1. The molecule has 520 valence electrons. The van der Waals surface area contributed by atoms with Gasteiger partial charge in [0.25, 0.3) is 5.97 Å². The van der Waals surface area contributed by atoms with E-state index in [1.807, 2.05) is 0 Å². The van der Waals surface area contributed by atoms with Crippen molar-refractivity contribution in [1.29, 1.82) is 0 Å². The summed E-state index contributed by atoms with van der Waals surface area (Å²) in [5.41, 5.74) is 19.3. The van der Waals surface area contributed by atoms with E-state index in [0.29, 0.717) is 27.6 Å². The molecule has 5 rings (SSSR count). The number of thioether (sulfide) groups is 1. The van der Waals surface area contributed by atoms with E-state index in [1.165, 1.54) is 48.6 Å². The smallest absolute Gasteiger partial charge is 0.322 e. The number of imidazole rings is 1. The Morgan fingerprint density at radius 3 is 1.55 bits per heavy atom. The van der Waals surface area contributed by atoms with Gasteiger partial charge in [0, 0.05) is 74.6 Å². The molecule has 34 nitrogen and oxygen atoms in total. The number of aliphatic carboxylic acids is 3. The van der Waals surface area contributed by atoms with E-state index in [9.17, 15) is 78.3 Å². The predicted molar refractivity (Wildman–Crippen MR) is 348 cm³/mol. The standard InChI is InChI=1S/C59H78N16O16S.C2H4O2/c1-92-21-19-42(70-58(91)47(30-77)75-56(89)43(71-50(83)38(60)29-76)23-33-13-15-36(78)16-14-33)54(87)69-41(17-18-48(79)80)53(86)74-46(25-35-27-63-31-67-35)57(90)72-44(22-32-8-3-2-4-9-32)55(88)68-40(12-7-20-64-59(61)62)52(85)73-45(51(84)66-28-49(81)82)24-34-26-65-39-11-6-5-10-37(34)39;1-2(3)4/h2-6,8-11,13-16,26-27,31,38,40-47,65,76-78H,7,12,17-25,28-30,60H2,1H3,(H,63,67)(H,66,84)(H,68,88)(H,69,87)(H,70,91)(H,71,83)(H,72,90)(H,73,85)(H,74,86)(H,75,89)(H,79,80)(H,81,82)(H4,61,62,64);1H3,(H,3,4). The van der Waals surface area contributed by atoms with Gasteiger partial charge >= 0.3 is 11.9 Å². The van der Waals surface area contributed by atoms with Crippen molar-refractivity contribution in [2.45, 2.75) is 119 Å². The van der Waals surface area contributed by atoms with Crippen molar-refractivity contribution in [1.82, 2.24) is 62.8 Å². The molecule has 0 fully saturated rings. The van der Waals surface area contributed by atoms with E-state index in [-0.39, 0.29) is 74.6 Å². The maximum absolute atomic E-state index is 14.8. The number of fused-ring (bicyclic) bond motifs is 1. The number of aromatic nitrogens is 3. The number of nitrogens with two attached hydrogens (primary N) is 3. The first-order valence-electron chi connectivity index (χ1n) is 29.9. The number of aromatic amines is 2. The fourth-order valence-electron chi connectivity index (χ4n) is 9.25. The Balaban J connectivity index is 0.00000476. The first-order chi connectivity index (χ1) is 45.7. The molecule has 0 radical (unpaired) electrons. The summed E-state index contributed by atoms with van der Waals surface area (Å²) >= 11 is 1.25. The molecule has 2 heterocycles. The Kier molecular flexibility index (Phi) is 32.8. The number of aliphatic hydroxyl groups excluding tert-OH is 2. The topological polar surface area (TPSA) is 569 Å². The summed E-state index contributed by atoms with van der Waals surface area (Å²) in [7, 11) is 0. The number of H-pyrrole nitrogens is 2. The lowest BCUT2D eigenvalue weighted by molar-refractivity contribution is -0.139. The Bertz CT molecular complexity index is 3440. The van der Waals surface area contributed by atoms with Gasteiger partial charge in [0.1, 0.15) is 66.7 Å². The number of carboxylic acid groups (broad SMARTS) is 3. The van der Waals surface area contributed by atoms with Crippen LogP contribution in [-0.2, 0) is 83.2 Å². The molecular formula is C61H82N16O18S. The lowest BCUT2D eigenvalue weighted by Gasteiger charge is -2.28. The average molecular weight is 1360 g/mol. The number of aliphatic imine (C=N–C) groups is 1. The van der Waals surface area contributed by atoms with Crippen LogP contribution in [-0.4, -0.2) is 215 Å². The molecule has 9 atom stereocenters. The fraction of sp³-hybridized carbons (Fsp3) is 0.410. The largest absolute Gasteiger partial charge is 0.508 e. The van der Waals surface area contributed by atoms with E-state index in [1.54, 1.807) is 67.0 Å². The molecule has 0 aliphatic rings. The zero-order valence-electron chi connectivity index (χ0n) is 52.5. The lowest BCUT2D eigenvalue weighted by Crippen LogP contribution is -2.61. The highest BCUT2D eigenvalue weighted by atomic mass is 32.2. The number of para-hydroxylation sites is 1. The number of hydrogen-bond acceptors (Lipinski definition) is 19. The van der Waals surface area contributed by atoms with Crippen LogP contribution in [0.25, 0.3) is 10.9 Å². The van der Waals surface area contributed by atoms with Gasteiger partial charge in [-0.3, -0.25) is 62.5 Å². The van der Waals surface area contributed by atoms with Gasteiger partial charge in [-0.05, 0) is 72.6 Å². The molecule has 96 heavy (non-hydrogen) atoms. The van der Waals surface area contributed by atoms with Crippen LogP contribution < -0.4 is 65.1 Å². The van der Waals surface area contributed by atoms with Crippen LogP contribution in [0.5, 0.6) is 5.75 Å². The first kappa shape index (κ1) is 77.8. The Morgan fingerprint density at radius 1 is 0.552 bits per heavy atom. The molecule has 5 aromatic rings. The zero-order chi connectivity index (χ0) is 70.9. The van der Waals surface area contributed by atoms with Gasteiger partial charge < -0.3 is 106 Å². The number of nitrogens with zero attached hydrogens (tertiary/aromatic N) is 2. The molecule has 23 N–H and O–H groups in total. The van der Waals surface area contributed by atoms with Crippen molar-refractivity contribution in [3.05, 3.63) is 120 Å². The molecule has 9 unspecified atom stereocenters. The molecule has 0 spiro atoms. The van der Waals surface area contributed by atoms with Crippen molar-refractivity contribution < 1.29 is 88.2 Å². The van der Waals surface area contributed by atoms with Crippen LogP contribution in [0.2, 0.25) is 0 Å². The second kappa shape index (κ2) is 40.5. The molecule has 0 aliphatic carbocycles. The molecule has 0 saturated carbocycles. The number of guanidine groups is 1. The summed E-state index contributed by atoms with van der Waals surface area (Å²) in [4.78, 5) is 173. The van der Waals surface area contributed by atoms with Crippen molar-refractivity contribution >= 4 is 99.7 Å². The molecule has 3 aromatic carbocycles. The highest BCUT2D eigenvalue weighted by Gasteiger charge is 2.36. The number of rotatable bonds is 39. The van der Waals surface area contributed by atoms with Crippen LogP contribution in [0.15, 0.2) is 103 Å². The summed E-state index contributed by atoms with van der Waals surface area (Å²) in [6, 6.07) is 7.09. The molecule has 9 amide bonds. The van der Waals surface area contributed by atoms with Gasteiger partial charge in [-0.1, -0.05) is 60.7 Å². The summed E-state index contributed by atoms with van der Waals surface area (Å²) in [6.07, 6.45) is 3.56. The third kappa shape index (κ3) is 27.5. The normalized spacial score (nSPS) is 13.6.